The third kappa shape index (κ3) is 4.89. The summed E-state index contributed by atoms with van der Waals surface area (Å²) in [5, 5.41) is 60.0. The second-order valence-electron chi connectivity index (χ2n) is 8.64. The van der Waals surface area contributed by atoms with E-state index in [1.165, 1.54) is 24.3 Å². The number of aliphatic hydroxyl groups excluding tert-OH is 4. The number of phenols is 1. The van der Waals surface area contributed by atoms with Gasteiger partial charge in [-0.15, -0.1) is 0 Å². The van der Waals surface area contributed by atoms with Crippen molar-refractivity contribution in [3.05, 3.63) is 53.8 Å². The molecule has 0 unspecified atom stereocenters. The van der Waals surface area contributed by atoms with Crippen molar-refractivity contribution in [3.63, 3.8) is 0 Å². The summed E-state index contributed by atoms with van der Waals surface area (Å²) in [5.41, 5.74) is 0.353. The first-order valence-electron chi connectivity index (χ1n) is 10.8. The number of phenolic OH excluding ortho intramolecular Hbond substituents is 1. The fraction of sp³-hybridized carbons (Fsp3) is 0.478. The van der Waals surface area contributed by atoms with Crippen LogP contribution in [0.3, 0.4) is 0 Å². The van der Waals surface area contributed by atoms with Crippen LogP contribution in [0, 0.1) is 11.8 Å². The van der Waals surface area contributed by atoms with Gasteiger partial charge in [0.05, 0.1) is 29.4 Å². The van der Waals surface area contributed by atoms with Crippen LogP contribution in [0.1, 0.15) is 16.8 Å². The van der Waals surface area contributed by atoms with Gasteiger partial charge < -0.3 is 49.6 Å². The molecule has 0 radical (unpaired) electrons. The van der Waals surface area contributed by atoms with E-state index in [9.17, 15) is 40.2 Å². The van der Waals surface area contributed by atoms with E-state index in [-0.39, 0.29) is 28.9 Å². The Morgan fingerprint density at radius 2 is 1.71 bits per heavy atom. The highest BCUT2D eigenvalue weighted by Crippen LogP contribution is 2.46. The minimum Gasteiger partial charge on any atom is -0.508 e. The predicted molar refractivity (Wildman–Crippen MR) is 113 cm³/mol. The van der Waals surface area contributed by atoms with Gasteiger partial charge in [0.15, 0.2) is 6.29 Å². The van der Waals surface area contributed by atoms with Gasteiger partial charge in [-0.1, -0.05) is 6.58 Å². The maximum absolute atomic E-state index is 12.2. The Kier molecular flexibility index (Phi) is 7.12. The van der Waals surface area contributed by atoms with E-state index in [1.807, 2.05) is 0 Å². The van der Waals surface area contributed by atoms with Crippen molar-refractivity contribution < 1.29 is 59.2 Å². The van der Waals surface area contributed by atoms with Gasteiger partial charge in [0.25, 0.3) is 0 Å². The van der Waals surface area contributed by atoms with E-state index in [1.54, 1.807) is 0 Å². The molecule has 12 nitrogen and oxygen atoms in total. The number of aliphatic carboxylic acids is 1. The molecule has 9 atom stereocenters. The number of aromatic hydroxyl groups is 1. The molecule has 0 bridgehead atoms. The molecule has 1 saturated carbocycles. The molecule has 1 saturated heterocycles. The van der Waals surface area contributed by atoms with Gasteiger partial charge in [0.1, 0.15) is 36.8 Å². The monoisotopic (exact) mass is 494 g/mol. The molecule has 3 aliphatic rings. The molecule has 1 aromatic rings. The molecule has 6 N–H and O–H groups in total. The number of hydrogen-bond acceptors (Lipinski definition) is 11. The molecule has 1 aliphatic carbocycles. The number of fused-ring (bicyclic) bond motifs is 1. The van der Waals surface area contributed by atoms with Crippen LogP contribution in [0.15, 0.2) is 48.3 Å². The Balaban J connectivity index is 1.45. The normalized spacial score (nSPS) is 36.6. The SMILES string of the molecule is C=C1[C@H]2[C@H](O[C@H]3O[C@H](COC(=O)c4ccc(O)cc4)[C@@H](O)[C@H](O)[C@H]3O)OC=C(C(=O)O)[C@H]2C[C@@H]1O. The second kappa shape index (κ2) is 9.93. The largest absolute Gasteiger partial charge is 0.508 e. The number of carboxylic acids is 1. The Bertz CT molecular complexity index is 1000. The third-order valence-electron chi connectivity index (χ3n) is 6.45. The quantitative estimate of drug-likeness (QED) is 0.214. The minimum atomic E-state index is -1.73. The standard InChI is InChI=1S/C23H26O12/c1-9-14(25)6-12-13(20(29)30)7-33-22(16(9)12)35-23-19(28)18(27)17(26)15(34-23)8-32-21(31)10-2-4-11(24)5-3-10/h2-5,7,12,14-19,22-28H,1,6,8H2,(H,29,30)/t12-,14+,15-,16-,17-,18+,19-,22+,23-/m1/s1. The van der Waals surface area contributed by atoms with Crippen molar-refractivity contribution in [3.8, 4) is 5.75 Å². The van der Waals surface area contributed by atoms with Crippen LogP contribution in [0.5, 0.6) is 5.75 Å². The van der Waals surface area contributed by atoms with Crippen LogP contribution < -0.4 is 0 Å². The van der Waals surface area contributed by atoms with Crippen LogP contribution in [0.4, 0.5) is 0 Å². The molecule has 0 aromatic heterocycles. The van der Waals surface area contributed by atoms with E-state index in [0.29, 0.717) is 0 Å². The Morgan fingerprint density at radius 3 is 2.37 bits per heavy atom. The number of rotatable bonds is 6. The zero-order chi connectivity index (χ0) is 25.4. The van der Waals surface area contributed by atoms with Crippen molar-refractivity contribution >= 4 is 11.9 Å². The van der Waals surface area contributed by atoms with Crippen molar-refractivity contribution in [1.29, 1.82) is 0 Å². The number of carbonyl (C=O) groups is 2. The zero-order valence-corrected chi connectivity index (χ0v) is 18.3. The third-order valence-corrected chi connectivity index (χ3v) is 6.45. The molecular weight excluding hydrogens is 468 g/mol. The van der Waals surface area contributed by atoms with E-state index < -0.39 is 73.5 Å². The van der Waals surface area contributed by atoms with E-state index in [2.05, 4.69) is 6.58 Å². The van der Waals surface area contributed by atoms with Crippen LogP contribution >= 0.6 is 0 Å². The second-order valence-corrected chi connectivity index (χ2v) is 8.64. The summed E-state index contributed by atoms with van der Waals surface area (Å²) in [7, 11) is 0. The van der Waals surface area contributed by atoms with E-state index in [0.717, 1.165) is 6.26 Å². The van der Waals surface area contributed by atoms with Crippen molar-refractivity contribution in [2.24, 2.45) is 11.8 Å². The van der Waals surface area contributed by atoms with Gasteiger partial charge in [-0.05, 0) is 36.3 Å². The fourth-order valence-corrected chi connectivity index (χ4v) is 4.48. The molecule has 12 heteroatoms. The average Bonchev–Trinajstić information content (AvgIpc) is 3.13. The summed E-state index contributed by atoms with van der Waals surface area (Å²) in [5.74, 6) is -3.47. The number of hydrogen-bond donors (Lipinski definition) is 6. The van der Waals surface area contributed by atoms with Crippen LogP contribution in [-0.2, 0) is 23.7 Å². The molecule has 190 valence electrons. The van der Waals surface area contributed by atoms with Crippen LogP contribution in [0.2, 0.25) is 0 Å². The first kappa shape index (κ1) is 25.1. The van der Waals surface area contributed by atoms with Gasteiger partial charge in [0.2, 0.25) is 6.29 Å². The van der Waals surface area contributed by atoms with Crippen molar-refractivity contribution in [2.75, 3.05) is 6.61 Å². The maximum atomic E-state index is 12.2. The molecule has 1 aromatic carbocycles. The highest BCUT2D eigenvalue weighted by molar-refractivity contribution is 5.89. The topological polar surface area (TPSA) is 192 Å². The number of carboxylic acid groups (broad SMARTS) is 1. The minimum absolute atomic E-state index is 0.0420. The number of esters is 1. The summed E-state index contributed by atoms with van der Waals surface area (Å²) in [6.07, 6.45) is -9.03. The highest BCUT2D eigenvalue weighted by Gasteiger charge is 2.52. The lowest BCUT2D eigenvalue weighted by Gasteiger charge is -2.42. The number of aliphatic hydroxyl groups is 4. The van der Waals surface area contributed by atoms with Gasteiger partial charge >= 0.3 is 11.9 Å². The molecule has 2 heterocycles. The van der Waals surface area contributed by atoms with Gasteiger partial charge in [-0.25, -0.2) is 9.59 Å². The molecule has 0 amide bonds. The zero-order valence-electron chi connectivity index (χ0n) is 18.3. The highest BCUT2D eigenvalue weighted by atomic mass is 16.8. The van der Waals surface area contributed by atoms with Crippen molar-refractivity contribution in [1.82, 2.24) is 0 Å². The fourth-order valence-electron chi connectivity index (χ4n) is 4.48. The lowest BCUT2D eigenvalue weighted by molar-refractivity contribution is -0.339. The summed E-state index contributed by atoms with van der Waals surface area (Å²) < 4.78 is 21.8. The number of benzene rings is 1. The predicted octanol–water partition coefficient (Wildman–Crippen LogP) is -0.749. The molecule has 2 fully saturated rings. The molecule has 35 heavy (non-hydrogen) atoms. The Morgan fingerprint density at radius 1 is 1.03 bits per heavy atom. The molecular formula is C23H26O12. The lowest BCUT2D eigenvalue weighted by atomic mass is 9.85. The van der Waals surface area contributed by atoms with Crippen LogP contribution in [-0.4, -0.2) is 92.3 Å². The molecule has 2 aliphatic heterocycles. The number of ether oxygens (including phenoxy) is 4. The first-order chi connectivity index (χ1) is 16.6. The smallest absolute Gasteiger partial charge is 0.338 e. The first-order valence-corrected chi connectivity index (χ1v) is 10.8. The van der Waals surface area contributed by atoms with E-state index in [4.69, 9.17) is 18.9 Å². The average molecular weight is 494 g/mol. The van der Waals surface area contributed by atoms with E-state index >= 15 is 0 Å². The Labute approximate surface area is 199 Å². The van der Waals surface area contributed by atoms with Gasteiger partial charge in [0, 0.05) is 5.92 Å². The molecule has 4 rings (SSSR count). The van der Waals surface area contributed by atoms with Gasteiger partial charge in [-0.3, -0.25) is 0 Å². The number of carbonyl (C=O) groups excluding carboxylic acids is 1. The molecule has 0 spiro atoms. The lowest BCUT2D eigenvalue weighted by Crippen LogP contribution is -2.60. The summed E-state index contributed by atoms with van der Waals surface area (Å²) in [6, 6.07) is 5.25. The summed E-state index contributed by atoms with van der Waals surface area (Å²) >= 11 is 0. The summed E-state index contributed by atoms with van der Waals surface area (Å²) in [6.45, 7) is 3.30. The summed E-state index contributed by atoms with van der Waals surface area (Å²) in [4.78, 5) is 23.8. The van der Waals surface area contributed by atoms with Crippen molar-refractivity contribution in [2.45, 2.75) is 49.5 Å². The Hall–Kier alpha value is -3.00. The van der Waals surface area contributed by atoms with Gasteiger partial charge in [-0.2, -0.15) is 0 Å². The van der Waals surface area contributed by atoms with Crippen LogP contribution in [0.25, 0.3) is 0 Å². The maximum Gasteiger partial charge on any atom is 0.338 e.